The Morgan fingerprint density at radius 2 is 1.90 bits per heavy atom. The van der Waals surface area contributed by atoms with E-state index in [0.717, 1.165) is 40.0 Å². The maximum atomic E-state index is 13.6. The number of carbonyl (C=O) groups is 1. The summed E-state index contributed by atoms with van der Waals surface area (Å²) < 4.78 is 7.33. The molecule has 0 fully saturated rings. The first-order valence-corrected chi connectivity index (χ1v) is 10.3. The number of hydrogen-bond donors (Lipinski definition) is 0. The van der Waals surface area contributed by atoms with Gasteiger partial charge in [0.1, 0.15) is 5.75 Å². The molecule has 0 aliphatic heterocycles. The summed E-state index contributed by atoms with van der Waals surface area (Å²) in [5.41, 5.74) is 5.21. The van der Waals surface area contributed by atoms with Crippen molar-refractivity contribution in [3.05, 3.63) is 77.6 Å². The van der Waals surface area contributed by atoms with Gasteiger partial charge in [0.2, 0.25) is 0 Å². The second-order valence-electron chi connectivity index (χ2n) is 7.54. The average molecular weight is 415 g/mol. The monoisotopic (exact) mass is 414 g/mol. The minimum atomic E-state index is -0.0681. The van der Waals surface area contributed by atoms with Crippen molar-refractivity contribution in [3.8, 4) is 17.0 Å². The molecule has 2 aromatic heterocycles. The number of nitrogens with zero attached hydrogens (tertiary/aromatic N) is 4. The van der Waals surface area contributed by atoms with Gasteiger partial charge in [0.15, 0.2) is 0 Å². The molecule has 4 rings (SSSR count). The van der Waals surface area contributed by atoms with Crippen LogP contribution in [0.2, 0.25) is 0 Å². The van der Waals surface area contributed by atoms with E-state index >= 15 is 0 Å². The lowest BCUT2D eigenvalue weighted by Crippen LogP contribution is -2.26. The molecule has 158 valence electrons. The molecule has 0 saturated carbocycles. The number of rotatable bonds is 6. The summed E-state index contributed by atoms with van der Waals surface area (Å²) in [7, 11) is 3.44. The third-order valence-electron chi connectivity index (χ3n) is 5.57. The lowest BCUT2D eigenvalue weighted by Gasteiger charge is -2.19. The molecule has 0 atom stereocenters. The van der Waals surface area contributed by atoms with Crippen LogP contribution in [0.5, 0.6) is 5.75 Å². The van der Waals surface area contributed by atoms with Crippen molar-refractivity contribution in [3.63, 3.8) is 0 Å². The average Bonchev–Trinajstić information content (AvgIpc) is 3.16. The van der Waals surface area contributed by atoms with Crippen LogP contribution >= 0.6 is 0 Å². The molecule has 0 radical (unpaired) electrons. The molecule has 0 spiro atoms. The Kier molecular flexibility index (Phi) is 5.71. The van der Waals surface area contributed by atoms with Crippen molar-refractivity contribution >= 4 is 16.8 Å². The van der Waals surface area contributed by atoms with Gasteiger partial charge < -0.3 is 9.64 Å². The minimum Gasteiger partial charge on any atom is -0.497 e. The second kappa shape index (κ2) is 8.60. The molecular formula is C25H26N4O2. The standard InChI is InChI=1S/C25H26N4O2/c1-5-29-17(2)19(15-26-29)16-28(3)25(30)22-14-24(18-9-7-6-8-10-18)27-23-12-11-20(31-4)13-21(22)23/h6-15H,5,16H2,1-4H3. The number of ether oxygens (including phenoxy) is 1. The van der Waals surface area contributed by atoms with Gasteiger partial charge in [0, 0.05) is 42.3 Å². The summed E-state index contributed by atoms with van der Waals surface area (Å²) in [6.07, 6.45) is 1.84. The SMILES string of the molecule is CCn1ncc(CN(C)C(=O)c2cc(-c3ccccc3)nc3ccc(OC)cc23)c1C. The third kappa shape index (κ3) is 4.01. The molecular weight excluding hydrogens is 388 g/mol. The van der Waals surface area contributed by atoms with Crippen LogP contribution in [0, 0.1) is 6.92 Å². The Morgan fingerprint density at radius 3 is 2.58 bits per heavy atom. The lowest BCUT2D eigenvalue weighted by atomic mass is 10.0. The predicted molar refractivity (Wildman–Crippen MR) is 122 cm³/mol. The van der Waals surface area contributed by atoms with Gasteiger partial charge in [0.25, 0.3) is 5.91 Å². The minimum absolute atomic E-state index is 0.0681. The summed E-state index contributed by atoms with van der Waals surface area (Å²) in [4.78, 5) is 20.1. The summed E-state index contributed by atoms with van der Waals surface area (Å²) in [6.45, 7) is 5.38. The Hall–Kier alpha value is -3.67. The maximum Gasteiger partial charge on any atom is 0.254 e. The number of carbonyl (C=O) groups excluding carboxylic acids is 1. The van der Waals surface area contributed by atoms with E-state index in [9.17, 15) is 4.79 Å². The van der Waals surface area contributed by atoms with E-state index in [4.69, 9.17) is 9.72 Å². The second-order valence-corrected chi connectivity index (χ2v) is 7.54. The van der Waals surface area contributed by atoms with E-state index in [2.05, 4.69) is 12.0 Å². The fourth-order valence-electron chi connectivity index (χ4n) is 3.76. The van der Waals surface area contributed by atoms with Crippen LogP contribution in [0.3, 0.4) is 0 Å². The molecule has 6 nitrogen and oxygen atoms in total. The van der Waals surface area contributed by atoms with Crippen LogP contribution in [0.4, 0.5) is 0 Å². The Bertz CT molecular complexity index is 1230. The van der Waals surface area contributed by atoms with Crippen molar-refractivity contribution < 1.29 is 9.53 Å². The lowest BCUT2D eigenvalue weighted by molar-refractivity contribution is 0.0787. The Balaban J connectivity index is 1.77. The quantitative estimate of drug-likeness (QED) is 0.459. The topological polar surface area (TPSA) is 60.2 Å². The first-order chi connectivity index (χ1) is 15.0. The Morgan fingerprint density at radius 1 is 1.13 bits per heavy atom. The third-order valence-corrected chi connectivity index (χ3v) is 5.57. The first-order valence-electron chi connectivity index (χ1n) is 10.3. The van der Waals surface area contributed by atoms with Crippen molar-refractivity contribution in [2.75, 3.05) is 14.2 Å². The van der Waals surface area contributed by atoms with Crippen molar-refractivity contribution in [1.82, 2.24) is 19.7 Å². The van der Waals surface area contributed by atoms with Crippen LogP contribution in [0.15, 0.2) is 60.8 Å². The highest BCUT2D eigenvalue weighted by Gasteiger charge is 2.20. The van der Waals surface area contributed by atoms with E-state index in [0.29, 0.717) is 17.9 Å². The van der Waals surface area contributed by atoms with Crippen LogP contribution in [-0.2, 0) is 13.1 Å². The molecule has 31 heavy (non-hydrogen) atoms. The number of benzene rings is 2. The zero-order valence-electron chi connectivity index (χ0n) is 18.3. The summed E-state index contributed by atoms with van der Waals surface area (Å²) in [5, 5.41) is 5.17. The molecule has 0 unspecified atom stereocenters. The maximum absolute atomic E-state index is 13.6. The van der Waals surface area contributed by atoms with Crippen molar-refractivity contribution in [1.29, 1.82) is 0 Å². The smallest absolute Gasteiger partial charge is 0.254 e. The highest BCUT2D eigenvalue weighted by molar-refractivity contribution is 6.07. The molecule has 0 saturated heterocycles. The molecule has 0 aliphatic carbocycles. The summed E-state index contributed by atoms with van der Waals surface area (Å²) in [6, 6.07) is 17.4. The van der Waals surface area contributed by atoms with E-state index in [-0.39, 0.29) is 5.91 Å². The van der Waals surface area contributed by atoms with E-state index in [1.54, 1.807) is 12.0 Å². The molecule has 4 aromatic rings. The molecule has 6 heteroatoms. The first kappa shape index (κ1) is 20.6. The van der Waals surface area contributed by atoms with Gasteiger partial charge >= 0.3 is 0 Å². The zero-order valence-corrected chi connectivity index (χ0v) is 18.3. The van der Waals surface area contributed by atoms with Gasteiger partial charge in [-0.2, -0.15) is 5.10 Å². The van der Waals surface area contributed by atoms with Gasteiger partial charge in [-0.05, 0) is 38.1 Å². The fourth-order valence-corrected chi connectivity index (χ4v) is 3.76. The molecule has 0 aliphatic rings. The van der Waals surface area contributed by atoms with Crippen molar-refractivity contribution in [2.45, 2.75) is 26.9 Å². The van der Waals surface area contributed by atoms with Gasteiger partial charge in [0.05, 0.1) is 30.1 Å². The number of aryl methyl sites for hydroxylation is 1. The highest BCUT2D eigenvalue weighted by atomic mass is 16.5. The largest absolute Gasteiger partial charge is 0.497 e. The van der Waals surface area contributed by atoms with Gasteiger partial charge in [-0.1, -0.05) is 30.3 Å². The van der Waals surface area contributed by atoms with Gasteiger partial charge in [-0.15, -0.1) is 0 Å². The number of hydrogen-bond acceptors (Lipinski definition) is 4. The number of fused-ring (bicyclic) bond motifs is 1. The van der Waals surface area contributed by atoms with Crippen LogP contribution in [-0.4, -0.2) is 39.7 Å². The highest BCUT2D eigenvalue weighted by Crippen LogP contribution is 2.29. The summed E-state index contributed by atoms with van der Waals surface area (Å²) in [5.74, 6) is 0.625. The molecule has 0 N–H and O–H groups in total. The number of aromatic nitrogens is 3. The molecule has 0 bridgehead atoms. The van der Waals surface area contributed by atoms with Gasteiger partial charge in [-0.3, -0.25) is 9.48 Å². The Labute approximate surface area is 182 Å². The van der Waals surface area contributed by atoms with Crippen LogP contribution < -0.4 is 4.74 Å². The number of pyridine rings is 1. The van der Waals surface area contributed by atoms with Crippen LogP contribution in [0.25, 0.3) is 22.2 Å². The van der Waals surface area contributed by atoms with Crippen LogP contribution in [0.1, 0.15) is 28.5 Å². The van der Waals surface area contributed by atoms with E-state index in [1.807, 2.05) is 79.4 Å². The van der Waals surface area contributed by atoms with E-state index < -0.39 is 0 Å². The normalized spacial score (nSPS) is 11.0. The summed E-state index contributed by atoms with van der Waals surface area (Å²) >= 11 is 0. The molecule has 2 heterocycles. The molecule has 2 aromatic carbocycles. The fraction of sp³-hybridized carbons (Fsp3) is 0.240. The number of amides is 1. The molecule has 1 amide bonds. The number of methoxy groups -OCH3 is 1. The van der Waals surface area contributed by atoms with E-state index in [1.165, 1.54) is 0 Å². The van der Waals surface area contributed by atoms with Gasteiger partial charge in [-0.25, -0.2) is 4.98 Å². The zero-order chi connectivity index (χ0) is 22.0. The van der Waals surface area contributed by atoms with Crippen molar-refractivity contribution in [2.24, 2.45) is 0 Å². The predicted octanol–water partition coefficient (Wildman–Crippen LogP) is 4.71.